The summed E-state index contributed by atoms with van der Waals surface area (Å²) < 4.78 is 0. The highest BCUT2D eigenvalue weighted by atomic mass is 15.1. The number of benzene rings is 3. The van der Waals surface area contributed by atoms with Gasteiger partial charge in [-0.2, -0.15) is 4.98 Å². The minimum Gasteiger partial charge on any atom is -0.370 e. The highest BCUT2D eigenvalue weighted by Gasteiger charge is 2.08. The highest BCUT2D eigenvalue weighted by Crippen LogP contribution is 2.21. The first-order valence-electron chi connectivity index (χ1n) is 11.0. The molecule has 4 heteroatoms. The van der Waals surface area contributed by atoms with E-state index in [0.29, 0.717) is 18.4 Å². The van der Waals surface area contributed by atoms with Gasteiger partial charge in [0.1, 0.15) is 5.82 Å². The summed E-state index contributed by atoms with van der Waals surface area (Å²) in [5.74, 6) is 2.10. The van der Waals surface area contributed by atoms with Gasteiger partial charge in [0.15, 0.2) is 0 Å². The maximum atomic E-state index is 4.81. The van der Waals surface area contributed by atoms with Crippen LogP contribution in [0.5, 0.6) is 0 Å². The van der Waals surface area contributed by atoms with E-state index in [1.165, 1.54) is 21.9 Å². The number of hydrogen-bond donors (Lipinski definition) is 2. The lowest BCUT2D eigenvalue weighted by atomic mass is 10.00. The van der Waals surface area contributed by atoms with E-state index >= 15 is 0 Å². The van der Waals surface area contributed by atoms with Crippen LogP contribution in [0.3, 0.4) is 0 Å². The van der Waals surface area contributed by atoms with Crippen molar-refractivity contribution >= 4 is 22.5 Å². The maximum absolute atomic E-state index is 4.81. The Morgan fingerprint density at radius 1 is 0.774 bits per heavy atom. The lowest BCUT2D eigenvalue weighted by Gasteiger charge is -2.13. The van der Waals surface area contributed by atoms with Crippen LogP contribution in [0, 0.1) is 5.92 Å². The Kier molecular flexibility index (Phi) is 6.78. The second-order valence-corrected chi connectivity index (χ2v) is 8.32. The first kappa shape index (κ1) is 20.9. The summed E-state index contributed by atoms with van der Waals surface area (Å²) in [4.78, 5) is 9.50. The van der Waals surface area contributed by atoms with E-state index < -0.39 is 0 Å². The number of anilines is 2. The smallest absolute Gasteiger partial charge is 0.225 e. The predicted molar refractivity (Wildman–Crippen MR) is 130 cm³/mol. The molecule has 4 nitrogen and oxygen atoms in total. The van der Waals surface area contributed by atoms with E-state index in [1.807, 2.05) is 18.2 Å². The van der Waals surface area contributed by atoms with Gasteiger partial charge in [0, 0.05) is 24.8 Å². The molecule has 0 fully saturated rings. The molecular formula is C27H30N4. The Balaban J connectivity index is 1.52. The molecular weight excluding hydrogens is 380 g/mol. The van der Waals surface area contributed by atoms with E-state index in [0.717, 1.165) is 30.9 Å². The molecule has 0 aliphatic rings. The van der Waals surface area contributed by atoms with Crippen LogP contribution in [0.1, 0.15) is 30.7 Å². The molecule has 3 aromatic carbocycles. The van der Waals surface area contributed by atoms with Gasteiger partial charge in [-0.05, 0) is 40.7 Å². The third-order valence-corrected chi connectivity index (χ3v) is 5.29. The van der Waals surface area contributed by atoms with Crippen LogP contribution in [0.4, 0.5) is 11.8 Å². The van der Waals surface area contributed by atoms with E-state index in [-0.39, 0.29) is 0 Å². The fourth-order valence-electron chi connectivity index (χ4n) is 3.65. The summed E-state index contributed by atoms with van der Waals surface area (Å²) in [6.07, 6.45) is 1.81. The van der Waals surface area contributed by atoms with Crippen molar-refractivity contribution in [1.29, 1.82) is 0 Å². The first-order chi connectivity index (χ1) is 15.2. The van der Waals surface area contributed by atoms with Crippen molar-refractivity contribution in [3.63, 3.8) is 0 Å². The quantitative estimate of drug-likeness (QED) is 0.350. The van der Waals surface area contributed by atoms with Crippen LogP contribution in [-0.2, 0) is 19.4 Å². The Morgan fingerprint density at radius 2 is 1.55 bits per heavy atom. The summed E-state index contributed by atoms with van der Waals surface area (Å²) in [6.45, 7) is 5.99. The summed E-state index contributed by atoms with van der Waals surface area (Å²) in [6, 6.07) is 27.5. The number of hydrogen-bond acceptors (Lipinski definition) is 4. The normalized spacial score (nSPS) is 11.1. The molecule has 0 amide bonds. The van der Waals surface area contributed by atoms with Crippen LogP contribution in [0.2, 0.25) is 0 Å². The lowest BCUT2D eigenvalue weighted by Crippen LogP contribution is -2.12. The van der Waals surface area contributed by atoms with Gasteiger partial charge < -0.3 is 10.6 Å². The van der Waals surface area contributed by atoms with Gasteiger partial charge >= 0.3 is 0 Å². The second kappa shape index (κ2) is 10.1. The van der Waals surface area contributed by atoms with E-state index in [4.69, 9.17) is 9.97 Å². The molecule has 0 saturated carbocycles. The molecule has 0 aliphatic heterocycles. The first-order valence-corrected chi connectivity index (χ1v) is 11.0. The molecule has 0 saturated heterocycles. The molecule has 0 unspecified atom stereocenters. The number of rotatable bonds is 9. The molecule has 0 atom stereocenters. The van der Waals surface area contributed by atoms with E-state index in [1.54, 1.807) is 0 Å². The number of nitrogens with one attached hydrogen (secondary N) is 2. The Bertz CT molecular complexity index is 1120. The Hall–Kier alpha value is -3.40. The van der Waals surface area contributed by atoms with E-state index in [2.05, 4.69) is 85.1 Å². The number of aryl methyl sites for hydroxylation is 2. The van der Waals surface area contributed by atoms with Gasteiger partial charge in [-0.1, -0.05) is 86.6 Å². The molecule has 0 bridgehead atoms. The minimum absolute atomic E-state index is 0.551. The summed E-state index contributed by atoms with van der Waals surface area (Å²) in [5, 5.41) is 9.46. The number of aromatic nitrogens is 2. The third kappa shape index (κ3) is 5.82. The predicted octanol–water partition coefficient (Wildman–Crippen LogP) is 6.10. The van der Waals surface area contributed by atoms with E-state index in [9.17, 15) is 0 Å². The molecule has 1 heterocycles. The average molecular weight is 411 g/mol. The second-order valence-electron chi connectivity index (χ2n) is 8.32. The zero-order valence-corrected chi connectivity index (χ0v) is 18.3. The number of nitrogens with zero attached hydrogens (tertiary/aromatic N) is 2. The van der Waals surface area contributed by atoms with Crippen LogP contribution in [-0.4, -0.2) is 16.5 Å². The molecule has 31 heavy (non-hydrogen) atoms. The maximum Gasteiger partial charge on any atom is 0.225 e. The third-order valence-electron chi connectivity index (χ3n) is 5.29. The molecule has 4 aromatic rings. The van der Waals surface area contributed by atoms with Crippen LogP contribution in [0.15, 0.2) is 78.9 Å². The van der Waals surface area contributed by atoms with Crippen molar-refractivity contribution in [2.45, 2.75) is 33.2 Å². The molecule has 0 spiro atoms. The topological polar surface area (TPSA) is 49.8 Å². The van der Waals surface area contributed by atoms with Gasteiger partial charge in [0.25, 0.3) is 0 Å². The van der Waals surface area contributed by atoms with Crippen molar-refractivity contribution in [3.8, 4) is 0 Å². The summed E-state index contributed by atoms with van der Waals surface area (Å²) in [5.41, 5.74) is 3.61. The molecule has 1 aromatic heterocycles. The molecule has 4 rings (SSSR count). The van der Waals surface area contributed by atoms with Gasteiger partial charge in [-0.15, -0.1) is 0 Å². The SMILES string of the molecule is CC(C)CNc1cc(CCc2cccc3ccccc23)nc(NCc2ccccc2)n1. The summed E-state index contributed by atoms with van der Waals surface area (Å²) >= 11 is 0. The van der Waals surface area contributed by atoms with Crippen molar-refractivity contribution in [1.82, 2.24) is 9.97 Å². The van der Waals surface area contributed by atoms with Crippen molar-refractivity contribution < 1.29 is 0 Å². The molecule has 158 valence electrons. The van der Waals surface area contributed by atoms with Crippen molar-refractivity contribution in [3.05, 3.63) is 95.7 Å². The van der Waals surface area contributed by atoms with Gasteiger partial charge in [-0.25, -0.2) is 4.98 Å². The van der Waals surface area contributed by atoms with Crippen molar-refractivity contribution in [2.75, 3.05) is 17.2 Å². The number of fused-ring (bicyclic) bond motifs is 1. The van der Waals surface area contributed by atoms with Gasteiger partial charge in [0.2, 0.25) is 5.95 Å². The zero-order valence-electron chi connectivity index (χ0n) is 18.3. The highest BCUT2D eigenvalue weighted by molar-refractivity contribution is 5.85. The Labute approximate surface area is 184 Å². The molecule has 2 N–H and O–H groups in total. The molecule has 0 aliphatic carbocycles. The van der Waals surface area contributed by atoms with Crippen LogP contribution in [0.25, 0.3) is 10.8 Å². The lowest BCUT2D eigenvalue weighted by molar-refractivity contribution is 0.686. The van der Waals surface area contributed by atoms with Crippen LogP contribution >= 0.6 is 0 Å². The average Bonchev–Trinajstić information content (AvgIpc) is 2.81. The Morgan fingerprint density at radius 3 is 2.39 bits per heavy atom. The fourth-order valence-corrected chi connectivity index (χ4v) is 3.65. The monoisotopic (exact) mass is 410 g/mol. The van der Waals surface area contributed by atoms with Gasteiger partial charge in [0.05, 0.1) is 0 Å². The fraction of sp³-hybridized carbons (Fsp3) is 0.259. The minimum atomic E-state index is 0.551. The van der Waals surface area contributed by atoms with Crippen molar-refractivity contribution in [2.24, 2.45) is 5.92 Å². The molecule has 0 radical (unpaired) electrons. The standard InChI is InChI=1S/C27H30N4/c1-20(2)18-28-26-17-24(30-27(31-26)29-19-21-9-4-3-5-10-21)16-15-23-13-8-12-22-11-6-7-14-25(22)23/h3-14,17,20H,15-16,18-19H2,1-2H3,(H2,28,29,30,31). The zero-order chi connectivity index (χ0) is 21.5. The van der Waals surface area contributed by atoms with Gasteiger partial charge in [-0.3, -0.25) is 0 Å². The van der Waals surface area contributed by atoms with Crippen LogP contribution < -0.4 is 10.6 Å². The largest absolute Gasteiger partial charge is 0.370 e. The summed E-state index contributed by atoms with van der Waals surface area (Å²) in [7, 11) is 0.